The second-order valence-electron chi connectivity index (χ2n) is 11.2. The second kappa shape index (κ2) is 11.4. The van der Waals surface area contributed by atoms with Crippen molar-refractivity contribution < 1.29 is 18.0 Å². The van der Waals surface area contributed by atoms with Gasteiger partial charge in [-0.25, -0.2) is 8.42 Å². The Morgan fingerprint density at radius 1 is 0.897 bits per heavy atom. The Hall–Kier alpha value is -2.75. The van der Waals surface area contributed by atoms with Gasteiger partial charge >= 0.3 is 0 Å². The topological polar surface area (TPSA) is 90.0 Å². The van der Waals surface area contributed by atoms with Crippen LogP contribution in [0.4, 0.5) is 0 Å². The lowest BCUT2D eigenvalue weighted by molar-refractivity contribution is -0.154. The third-order valence-corrected chi connectivity index (χ3v) is 10.9. The first-order chi connectivity index (χ1) is 18.7. The van der Waals surface area contributed by atoms with Gasteiger partial charge in [-0.1, -0.05) is 69.2 Å². The van der Waals surface area contributed by atoms with Gasteiger partial charge in [-0.15, -0.1) is 0 Å². The molecule has 2 saturated heterocycles. The Morgan fingerprint density at radius 2 is 1.49 bits per heavy atom. The van der Waals surface area contributed by atoms with Gasteiger partial charge in [0.15, 0.2) is 0 Å². The van der Waals surface area contributed by atoms with E-state index >= 15 is 0 Å². The molecule has 1 N–H and O–H groups in total. The number of amides is 2. The van der Waals surface area contributed by atoms with E-state index < -0.39 is 22.1 Å². The standard InChI is InChI=1S/C30H40N4O4S/c1-4-21(5-2)28-29(35)31-27(25-18-22-10-6-7-11-23(22)19-25)30(36)34(28)20-24-12-8-9-13-26(24)39(37,38)33-16-14-32(3)15-17-33/h6-13,21,25,27-28H,4-5,14-20H2,1-3H3,(H,31,35)/t27-,28-/m1/s1. The van der Waals surface area contributed by atoms with Gasteiger partial charge in [0.2, 0.25) is 21.8 Å². The number of carbonyl (C=O) groups excluding carboxylic acids is 2. The van der Waals surface area contributed by atoms with E-state index in [0.717, 1.165) is 25.7 Å². The molecule has 0 saturated carbocycles. The van der Waals surface area contributed by atoms with Crippen molar-refractivity contribution in [3.05, 3.63) is 65.2 Å². The number of nitrogens with one attached hydrogen (secondary N) is 1. The molecule has 0 radical (unpaired) electrons. The molecule has 2 atom stereocenters. The molecule has 39 heavy (non-hydrogen) atoms. The Labute approximate surface area is 232 Å². The molecule has 0 spiro atoms. The molecule has 1 aliphatic carbocycles. The van der Waals surface area contributed by atoms with Crippen LogP contribution in [0.2, 0.25) is 0 Å². The van der Waals surface area contributed by atoms with Crippen molar-refractivity contribution in [2.75, 3.05) is 33.2 Å². The monoisotopic (exact) mass is 552 g/mol. The van der Waals surface area contributed by atoms with Crippen LogP contribution < -0.4 is 5.32 Å². The highest BCUT2D eigenvalue weighted by Crippen LogP contribution is 2.34. The molecule has 0 unspecified atom stereocenters. The maximum Gasteiger partial charge on any atom is 0.246 e. The van der Waals surface area contributed by atoms with Gasteiger partial charge in [0.1, 0.15) is 12.1 Å². The predicted molar refractivity (Wildman–Crippen MR) is 150 cm³/mol. The van der Waals surface area contributed by atoms with Crippen LogP contribution in [0.3, 0.4) is 0 Å². The van der Waals surface area contributed by atoms with Gasteiger partial charge in [-0.05, 0) is 54.5 Å². The summed E-state index contributed by atoms with van der Waals surface area (Å²) in [6.07, 6.45) is 2.98. The van der Waals surface area contributed by atoms with Crippen molar-refractivity contribution in [1.29, 1.82) is 0 Å². The fourth-order valence-corrected chi connectivity index (χ4v) is 8.16. The van der Waals surface area contributed by atoms with E-state index in [4.69, 9.17) is 0 Å². The van der Waals surface area contributed by atoms with E-state index in [1.54, 1.807) is 23.1 Å². The summed E-state index contributed by atoms with van der Waals surface area (Å²) in [4.78, 5) is 31.9. The molecule has 2 aromatic carbocycles. The lowest BCUT2D eigenvalue weighted by atomic mass is 9.86. The van der Waals surface area contributed by atoms with Crippen molar-refractivity contribution in [2.24, 2.45) is 11.8 Å². The summed E-state index contributed by atoms with van der Waals surface area (Å²) >= 11 is 0. The molecule has 210 valence electrons. The third kappa shape index (κ3) is 5.36. The molecule has 2 fully saturated rings. The summed E-state index contributed by atoms with van der Waals surface area (Å²) in [5.41, 5.74) is 3.01. The summed E-state index contributed by atoms with van der Waals surface area (Å²) < 4.78 is 29.0. The van der Waals surface area contributed by atoms with Gasteiger partial charge in [-0.3, -0.25) is 9.59 Å². The summed E-state index contributed by atoms with van der Waals surface area (Å²) in [7, 11) is -1.76. The van der Waals surface area contributed by atoms with Crippen molar-refractivity contribution in [3.63, 3.8) is 0 Å². The van der Waals surface area contributed by atoms with Crippen LogP contribution in [0.15, 0.2) is 53.4 Å². The maximum absolute atomic E-state index is 14.2. The summed E-state index contributed by atoms with van der Waals surface area (Å²) in [5, 5.41) is 3.10. The number of hydrogen-bond donors (Lipinski definition) is 1. The van der Waals surface area contributed by atoms with E-state index in [9.17, 15) is 18.0 Å². The van der Waals surface area contributed by atoms with Gasteiger partial charge in [0.05, 0.1) is 4.90 Å². The molecule has 3 aliphatic rings. The largest absolute Gasteiger partial charge is 0.342 e. The molecule has 0 aromatic heterocycles. The SMILES string of the molecule is CCC(CC)[C@@H]1C(=O)N[C@H](C2Cc3ccccc3C2)C(=O)N1Cc1ccccc1S(=O)(=O)N1CCN(C)CC1. The first-order valence-corrected chi connectivity index (χ1v) is 15.6. The molecule has 5 rings (SSSR count). The number of nitrogens with zero attached hydrogens (tertiary/aromatic N) is 3. The van der Waals surface area contributed by atoms with Crippen molar-refractivity contribution in [1.82, 2.24) is 19.4 Å². The number of sulfonamides is 1. The van der Waals surface area contributed by atoms with E-state index in [-0.39, 0.29) is 35.1 Å². The predicted octanol–water partition coefficient (Wildman–Crippen LogP) is 2.67. The molecular formula is C30H40N4O4S. The summed E-state index contributed by atoms with van der Waals surface area (Å²) in [5.74, 6) is -0.287. The summed E-state index contributed by atoms with van der Waals surface area (Å²) in [6.45, 7) is 6.37. The lowest BCUT2D eigenvalue weighted by Crippen LogP contribution is -2.66. The van der Waals surface area contributed by atoms with Gasteiger partial charge in [0.25, 0.3) is 0 Å². The van der Waals surface area contributed by atoms with Crippen LogP contribution in [0.25, 0.3) is 0 Å². The van der Waals surface area contributed by atoms with E-state index in [1.807, 2.05) is 39.1 Å². The maximum atomic E-state index is 14.2. The van der Waals surface area contributed by atoms with Crippen molar-refractivity contribution >= 4 is 21.8 Å². The quantitative estimate of drug-likeness (QED) is 0.544. The minimum Gasteiger partial charge on any atom is -0.342 e. The number of piperazine rings is 2. The zero-order chi connectivity index (χ0) is 27.7. The van der Waals surface area contributed by atoms with Crippen LogP contribution >= 0.6 is 0 Å². The van der Waals surface area contributed by atoms with E-state index in [2.05, 4.69) is 22.3 Å². The van der Waals surface area contributed by atoms with E-state index in [1.165, 1.54) is 15.4 Å². The average molecular weight is 553 g/mol. The van der Waals surface area contributed by atoms with Crippen LogP contribution in [-0.2, 0) is 39.0 Å². The first kappa shape index (κ1) is 27.8. The molecule has 2 aromatic rings. The number of carbonyl (C=O) groups is 2. The highest BCUT2D eigenvalue weighted by molar-refractivity contribution is 7.89. The van der Waals surface area contributed by atoms with E-state index in [0.29, 0.717) is 31.7 Å². The number of rotatable bonds is 8. The van der Waals surface area contributed by atoms with Crippen LogP contribution in [0, 0.1) is 11.8 Å². The van der Waals surface area contributed by atoms with Crippen LogP contribution in [0.1, 0.15) is 43.4 Å². The third-order valence-electron chi connectivity index (χ3n) is 8.89. The molecular weight excluding hydrogens is 512 g/mol. The summed E-state index contributed by atoms with van der Waals surface area (Å²) in [6, 6.07) is 13.9. The normalized spacial score (nSPS) is 23.3. The Bertz CT molecular complexity index is 1290. The smallest absolute Gasteiger partial charge is 0.246 e. The van der Waals surface area contributed by atoms with Crippen molar-refractivity contribution in [2.45, 2.75) is 63.1 Å². The minimum absolute atomic E-state index is 0.0166. The molecule has 2 heterocycles. The molecule has 8 nitrogen and oxygen atoms in total. The number of likely N-dealkylation sites (N-methyl/N-ethyl adjacent to an activating group) is 1. The highest BCUT2D eigenvalue weighted by atomic mass is 32.2. The molecule has 2 amide bonds. The number of fused-ring (bicyclic) bond motifs is 1. The zero-order valence-electron chi connectivity index (χ0n) is 23.2. The van der Waals surface area contributed by atoms with Gasteiger partial charge in [0, 0.05) is 32.7 Å². The lowest BCUT2D eigenvalue weighted by Gasteiger charge is -2.44. The molecule has 9 heteroatoms. The number of hydrogen-bond acceptors (Lipinski definition) is 5. The van der Waals surface area contributed by atoms with Gasteiger partial charge in [-0.2, -0.15) is 4.31 Å². The molecule has 0 bridgehead atoms. The fraction of sp³-hybridized carbons (Fsp3) is 0.533. The number of benzene rings is 2. The van der Waals surface area contributed by atoms with Gasteiger partial charge < -0.3 is 15.1 Å². The Kier molecular flexibility index (Phi) is 8.12. The van der Waals surface area contributed by atoms with Crippen LogP contribution in [0.5, 0.6) is 0 Å². The Morgan fingerprint density at radius 3 is 2.10 bits per heavy atom. The average Bonchev–Trinajstić information content (AvgIpc) is 3.37. The fourth-order valence-electron chi connectivity index (χ4n) is 6.52. The Balaban J connectivity index is 1.47. The zero-order valence-corrected chi connectivity index (χ0v) is 24.0. The minimum atomic E-state index is -3.74. The first-order valence-electron chi connectivity index (χ1n) is 14.2. The highest BCUT2D eigenvalue weighted by Gasteiger charge is 2.47. The molecule has 2 aliphatic heterocycles. The van der Waals surface area contributed by atoms with Crippen molar-refractivity contribution in [3.8, 4) is 0 Å². The second-order valence-corrected chi connectivity index (χ2v) is 13.1. The van der Waals surface area contributed by atoms with Crippen LogP contribution in [-0.4, -0.2) is 79.6 Å².